The zero-order chi connectivity index (χ0) is 13.7. The molecule has 1 unspecified atom stereocenters. The topological polar surface area (TPSA) is 26.3 Å². The van der Waals surface area contributed by atoms with E-state index >= 15 is 0 Å². The van der Waals surface area contributed by atoms with Gasteiger partial charge in [-0.15, -0.1) is 4.31 Å². The van der Waals surface area contributed by atoms with E-state index in [2.05, 4.69) is 0 Å². The minimum absolute atomic E-state index is 0.0492. The normalized spacial score (nSPS) is 22.1. The first-order valence-electron chi connectivity index (χ1n) is 5.89. The first-order chi connectivity index (χ1) is 8.23. The summed E-state index contributed by atoms with van der Waals surface area (Å²) in [7, 11) is 0. The fourth-order valence-electron chi connectivity index (χ4n) is 2.16. The molecule has 18 heavy (non-hydrogen) atoms. The Morgan fingerprint density at radius 3 is 2.61 bits per heavy atom. The number of hydrogen-bond donors (Lipinski definition) is 0. The third-order valence-electron chi connectivity index (χ3n) is 3.17. The Labute approximate surface area is 115 Å². The smallest absolute Gasteiger partial charge is 0.146 e. The standard InChI is InChI=1S/C13H17ClFNOS/c1-8-9-5-6-11(14)12(15)10(9)7-16(8)18(17)13(2,3)4/h5-6,8H,7H2,1-4H3/t8?,18-/m1/s1. The Morgan fingerprint density at radius 2 is 2.06 bits per heavy atom. The summed E-state index contributed by atoms with van der Waals surface area (Å²) in [5.41, 5.74) is 1.46. The number of benzene rings is 1. The average Bonchev–Trinajstić information content (AvgIpc) is 2.60. The van der Waals surface area contributed by atoms with Gasteiger partial charge < -0.3 is 4.55 Å². The first-order valence-corrected chi connectivity index (χ1v) is 7.37. The van der Waals surface area contributed by atoms with E-state index in [0.29, 0.717) is 12.1 Å². The van der Waals surface area contributed by atoms with Crippen LogP contribution in [0, 0.1) is 5.82 Å². The van der Waals surface area contributed by atoms with Crippen molar-refractivity contribution in [1.29, 1.82) is 0 Å². The van der Waals surface area contributed by atoms with Gasteiger partial charge in [0.25, 0.3) is 0 Å². The summed E-state index contributed by atoms with van der Waals surface area (Å²) < 4.78 is 27.8. The molecule has 0 spiro atoms. The van der Waals surface area contributed by atoms with Crippen molar-refractivity contribution in [1.82, 2.24) is 4.31 Å². The minimum Gasteiger partial charge on any atom is -0.597 e. The maximum Gasteiger partial charge on any atom is 0.146 e. The van der Waals surface area contributed by atoms with E-state index in [1.54, 1.807) is 6.07 Å². The lowest BCUT2D eigenvalue weighted by molar-refractivity contribution is 0.354. The summed E-state index contributed by atoms with van der Waals surface area (Å²) in [6.07, 6.45) is 0. The van der Waals surface area contributed by atoms with Crippen molar-refractivity contribution in [2.24, 2.45) is 0 Å². The predicted molar refractivity (Wildman–Crippen MR) is 73.3 cm³/mol. The molecule has 2 nitrogen and oxygen atoms in total. The second-order valence-corrected chi connectivity index (χ2v) is 8.14. The van der Waals surface area contributed by atoms with Gasteiger partial charge in [-0.05, 0) is 39.3 Å². The lowest BCUT2D eigenvalue weighted by Gasteiger charge is -2.32. The van der Waals surface area contributed by atoms with Crippen molar-refractivity contribution in [3.8, 4) is 0 Å². The van der Waals surface area contributed by atoms with Gasteiger partial charge in [0.1, 0.15) is 10.6 Å². The molecule has 0 aromatic heterocycles. The van der Waals surface area contributed by atoms with Gasteiger partial charge >= 0.3 is 0 Å². The molecule has 0 bridgehead atoms. The Kier molecular flexibility index (Phi) is 3.67. The van der Waals surface area contributed by atoms with Crippen LogP contribution in [-0.2, 0) is 17.9 Å². The molecule has 5 heteroatoms. The van der Waals surface area contributed by atoms with E-state index in [-0.39, 0.29) is 21.6 Å². The van der Waals surface area contributed by atoms with E-state index in [9.17, 15) is 8.94 Å². The van der Waals surface area contributed by atoms with Crippen LogP contribution in [0.25, 0.3) is 0 Å². The second kappa shape index (κ2) is 4.67. The number of rotatable bonds is 1. The maximum absolute atomic E-state index is 14.0. The van der Waals surface area contributed by atoms with Crippen LogP contribution in [0.1, 0.15) is 44.9 Å². The van der Waals surface area contributed by atoms with Gasteiger partial charge in [-0.3, -0.25) is 0 Å². The van der Waals surface area contributed by atoms with Crippen molar-refractivity contribution >= 4 is 23.0 Å². The van der Waals surface area contributed by atoms with Crippen molar-refractivity contribution in [2.75, 3.05) is 0 Å². The maximum atomic E-state index is 14.0. The molecular formula is C13H17ClFNOS. The first kappa shape index (κ1) is 14.1. The van der Waals surface area contributed by atoms with Crippen LogP contribution in [-0.4, -0.2) is 13.6 Å². The summed E-state index contributed by atoms with van der Waals surface area (Å²) >= 11 is 4.63. The summed E-state index contributed by atoms with van der Waals surface area (Å²) in [6, 6.07) is 3.34. The van der Waals surface area contributed by atoms with Gasteiger partial charge in [-0.25, -0.2) is 4.39 Å². The van der Waals surface area contributed by atoms with Crippen LogP contribution in [0.4, 0.5) is 4.39 Å². The Balaban J connectivity index is 2.36. The highest BCUT2D eigenvalue weighted by atomic mass is 35.5. The quantitative estimate of drug-likeness (QED) is 0.735. The second-order valence-electron chi connectivity index (χ2n) is 5.54. The molecule has 100 valence electrons. The monoisotopic (exact) mass is 289 g/mol. The highest BCUT2D eigenvalue weighted by Gasteiger charge is 2.42. The molecule has 0 radical (unpaired) electrons. The molecule has 0 saturated heterocycles. The Hall–Kier alpha value is -0.290. The van der Waals surface area contributed by atoms with Crippen molar-refractivity contribution in [2.45, 2.75) is 45.0 Å². The van der Waals surface area contributed by atoms with E-state index in [4.69, 9.17) is 11.6 Å². The van der Waals surface area contributed by atoms with Crippen LogP contribution < -0.4 is 0 Å². The Bertz CT molecular complexity index is 475. The average molecular weight is 290 g/mol. The van der Waals surface area contributed by atoms with Crippen molar-refractivity contribution < 1.29 is 8.94 Å². The lowest BCUT2D eigenvalue weighted by Crippen LogP contribution is -2.41. The van der Waals surface area contributed by atoms with E-state index in [0.717, 1.165) is 5.56 Å². The highest BCUT2D eigenvalue weighted by molar-refractivity contribution is 7.90. The van der Waals surface area contributed by atoms with Crippen LogP contribution >= 0.6 is 11.6 Å². The van der Waals surface area contributed by atoms with E-state index in [1.165, 1.54) is 0 Å². The van der Waals surface area contributed by atoms with Gasteiger partial charge in [0.2, 0.25) is 0 Å². The largest absolute Gasteiger partial charge is 0.597 e. The number of fused-ring (bicyclic) bond motifs is 1. The molecule has 0 saturated carbocycles. The molecule has 1 aromatic carbocycles. The van der Waals surface area contributed by atoms with Gasteiger partial charge in [0.05, 0.1) is 17.6 Å². The molecular weight excluding hydrogens is 273 g/mol. The minimum atomic E-state index is -1.16. The highest BCUT2D eigenvalue weighted by Crippen LogP contribution is 2.41. The molecule has 1 aliphatic rings. The molecule has 1 aromatic rings. The van der Waals surface area contributed by atoms with Gasteiger partial charge in [-0.1, -0.05) is 17.7 Å². The van der Waals surface area contributed by atoms with Crippen molar-refractivity contribution in [3.63, 3.8) is 0 Å². The molecule has 0 amide bonds. The number of hydrogen-bond acceptors (Lipinski definition) is 2. The number of nitrogens with zero attached hydrogens (tertiary/aromatic N) is 1. The molecule has 2 rings (SSSR count). The van der Waals surface area contributed by atoms with Gasteiger partial charge in [0, 0.05) is 16.9 Å². The molecule has 0 aliphatic carbocycles. The third kappa shape index (κ3) is 2.27. The molecule has 2 atom stereocenters. The third-order valence-corrected chi connectivity index (χ3v) is 5.38. The summed E-state index contributed by atoms with van der Waals surface area (Å²) in [5.74, 6) is -0.380. The fourth-order valence-corrected chi connectivity index (χ4v) is 3.69. The summed E-state index contributed by atoms with van der Waals surface area (Å²) in [4.78, 5) is 0. The van der Waals surface area contributed by atoms with Crippen LogP contribution in [0.15, 0.2) is 12.1 Å². The summed E-state index contributed by atoms with van der Waals surface area (Å²) in [6.45, 7) is 8.06. The van der Waals surface area contributed by atoms with Crippen molar-refractivity contribution in [3.05, 3.63) is 34.1 Å². The molecule has 0 fully saturated rings. The van der Waals surface area contributed by atoms with E-state index in [1.807, 2.05) is 38.1 Å². The van der Waals surface area contributed by atoms with Crippen LogP contribution in [0.3, 0.4) is 0 Å². The predicted octanol–water partition coefficient (Wildman–Crippen LogP) is 3.82. The zero-order valence-electron chi connectivity index (χ0n) is 11.0. The van der Waals surface area contributed by atoms with Crippen LogP contribution in [0.5, 0.6) is 0 Å². The van der Waals surface area contributed by atoms with Gasteiger partial charge in [0.15, 0.2) is 0 Å². The Morgan fingerprint density at radius 1 is 1.44 bits per heavy atom. The molecule has 1 heterocycles. The van der Waals surface area contributed by atoms with Gasteiger partial charge in [-0.2, -0.15) is 0 Å². The molecule has 1 aliphatic heterocycles. The lowest BCUT2D eigenvalue weighted by atomic mass is 10.1. The number of halogens is 2. The summed E-state index contributed by atoms with van der Waals surface area (Å²) in [5, 5.41) is 0.129. The van der Waals surface area contributed by atoms with Crippen LogP contribution in [0.2, 0.25) is 5.02 Å². The zero-order valence-corrected chi connectivity index (χ0v) is 12.5. The molecule has 0 N–H and O–H groups in total. The van der Waals surface area contributed by atoms with E-state index < -0.39 is 11.4 Å². The fraction of sp³-hybridized carbons (Fsp3) is 0.538. The SMILES string of the molecule is CC1c2ccc(Cl)c(F)c2CN1[S@+]([O-])C(C)(C)C.